The van der Waals surface area contributed by atoms with Crippen LogP contribution in [0.25, 0.3) is 0 Å². The highest BCUT2D eigenvalue weighted by Gasteiger charge is 2.39. The molecule has 0 aliphatic carbocycles. The van der Waals surface area contributed by atoms with Crippen LogP contribution >= 0.6 is 46.1 Å². The molecular weight excluding hydrogens is 417 g/mol. The van der Waals surface area contributed by atoms with Crippen molar-refractivity contribution in [2.45, 2.75) is 32.4 Å². The van der Waals surface area contributed by atoms with Crippen LogP contribution in [0.2, 0.25) is 15.1 Å². The number of carbonyl (C=O) groups excluding carboxylic acids is 1. The molecule has 1 unspecified atom stereocenters. The predicted molar refractivity (Wildman–Crippen MR) is 108 cm³/mol. The first-order valence-corrected chi connectivity index (χ1v) is 9.82. The van der Waals surface area contributed by atoms with E-state index in [1.807, 2.05) is 0 Å². The van der Waals surface area contributed by atoms with Crippen molar-refractivity contribution in [3.8, 4) is 0 Å². The minimum atomic E-state index is -0.332. The summed E-state index contributed by atoms with van der Waals surface area (Å²) in [5, 5.41) is 14.2. The summed E-state index contributed by atoms with van der Waals surface area (Å²) in [6, 6.07) is 3.21. The van der Waals surface area contributed by atoms with E-state index in [9.17, 15) is 4.79 Å². The standard InChI is InChI=1S/C16H18Cl3N5OS/c1-16(2,3)13-21-22-14(26-13)24-11(7-23(4)15(24)25)20-8-5-9(17)12(19)10(18)6-8/h5-6,11,20H,7H2,1-4H3. The summed E-state index contributed by atoms with van der Waals surface area (Å²) in [6.07, 6.45) is -0.332. The number of amides is 2. The van der Waals surface area contributed by atoms with Crippen LogP contribution < -0.4 is 10.2 Å². The summed E-state index contributed by atoms with van der Waals surface area (Å²) >= 11 is 19.6. The Hall–Kier alpha value is -1.28. The lowest BCUT2D eigenvalue weighted by atomic mass is 9.98. The molecule has 1 aliphatic rings. The Bertz CT molecular complexity index is 828. The summed E-state index contributed by atoms with van der Waals surface area (Å²) in [5.74, 6) is 0. The molecule has 1 aromatic heterocycles. The lowest BCUT2D eigenvalue weighted by Crippen LogP contribution is -2.39. The average Bonchev–Trinajstić information content (AvgIpc) is 3.11. The molecule has 140 valence electrons. The van der Waals surface area contributed by atoms with E-state index in [1.54, 1.807) is 29.0 Å². The molecule has 1 saturated heterocycles. The van der Waals surface area contributed by atoms with E-state index < -0.39 is 0 Å². The van der Waals surface area contributed by atoms with Crippen LogP contribution in [-0.4, -0.2) is 40.9 Å². The van der Waals surface area contributed by atoms with Gasteiger partial charge in [-0.3, -0.25) is 0 Å². The van der Waals surface area contributed by atoms with Crippen LogP contribution in [-0.2, 0) is 5.41 Å². The fourth-order valence-electron chi connectivity index (χ4n) is 2.51. The van der Waals surface area contributed by atoms with E-state index in [1.165, 1.54) is 11.3 Å². The molecule has 0 radical (unpaired) electrons. The zero-order valence-corrected chi connectivity index (χ0v) is 17.8. The molecule has 0 spiro atoms. The number of benzene rings is 1. The highest BCUT2D eigenvalue weighted by atomic mass is 35.5. The van der Waals surface area contributed by atoms with E-state index in [-0.39, 0.29) is 17.6 Å². The summed E-state index contributed by atoms with van der Waals surface area (Å²) in [4.78, 5) is 15.9. The maximum atomic E-state index is 12.6. The van der Waals surface area contributed by atoms with E-state index in [4.69, 9.17) is 34.8 Å². The van der Waals surface area contributed by atoms with E-state index in [2.05, 4.69) is 36.3 Å². The first-order chi connectivity index (χ1) is 12.1. The quantitative estimate of drug-likeness (QED) is 0.682. The second kappa shape index (κ2) is 7.03. The van der Waals surface area contributed by atoms with Crippen LogP contribution in [0.4, 0.5) is 15.6 Å². The number of hydrogen-bond donors (Lipinski definition) is 1. The topological polar surface area (TPSA) is 61.4 Å². The highest BCUT2D eigenvalue weighted by molar-refractivity contribution is 7.15. The van der Waals surface area contributed by atoms with Crippen molar-refractivity contribution >= 4 is 63.0 Å². The van der Waals surface area contributed by atoms with Crippen LogP contribution in [0.15, 0.2) is 12.1 Å². The number of likely N-dealkylation sites (N-methyl/N-ethyl adjacent to an activating group) is 1. The van der Waals surface area contributed by atoms with Gasteiger partial charge in [-0.15, -0.1) is 10.2 Å². The number of hydrogen-bond acceptors (Lipinski definition) is 5. The third kappa shape index (κ3) is 3.71. The van der Waals surface area contributed by atoms with Gasteiger partial charge in [-0.1, -0.05) is 66.9 Å². The molecule has 26 heavy (non-hydrogen) atoms. The van der Waals surface area contributed by atoms with Gasteiger partial charge in [-0.25, -0.2) is 9.69 Å². The first-order valence-electron chi connectivity index (χ1n) is 7.87. The van der Waals surface area contributed by atoms with Crippen LogP contribution in [0.1, 0.15) is 25.8 Å². The zero-order chi connectivity index (χ0) is 19.2. The van der Waals surface area contributed by atoms with E-state index in [0.717, 1.165) is 5.01 Å². The van der Waals surface area contributed by atoms with Gasteiger partial charge in [0.05, 0.1) is 21.6 Å². The van der Waals surface area contributed by atoms with Crippen molar-refractivity contribution in [2.24, 2.45) is 0 Å². The number of carbonyl (C=O) groups is 1. The van der Waals surface area contributed by atoms with Crippen LogP contribution in [0.5, 0.6) is 0 Å². The molecule has 1 aromatic carbocycles. The number of anilines is 2. The van der Waals surface area contributed by atoms with Gasteiger partial charge in [0.15, 0.2) is 0 Å². The molecule has 1 N–H and O–H groups in total. The van der Waals surface area contributed by atoms with Crippen molar-refractivity contribution in [3.05, 3.63) is 32.2 Å². The van der Waals surface area contributed by atoms with Crippen molar-refractivity contribution in [1.29, 1.82) is 0 Å². The summed E-state index contributed by atoms with van der Waals surface area (Å²) < 4.78 is 0. The van der Waals surface area contributed by atoms with Gasteiger partial charge in [-0.05, 0) is 12.1 Å². The molecular formula is C16H18Cl3N5OS. The second-order valence-electron chi connectivity index (χ2n) is 7.09. The molecule has 0 bridgehead atoms. The normalized spacial score (nSPS) is 18.0. The van der Waals surface area contributed by atoms with E-state index in [0.29, 0.717) is 32.4 Å². The maximum Gasteiger partial charge on any atom is 0.328 e. The molecule has 1 aliphatic heterocycles. The Labute approximate surface area is 171 Å². The molecule has 1 atom stereocenters. The average molecular weight is 435 g/mol. The predicted octanol–water partition coefficient (Wildman–Crippen LogP) is 5.11. The Morgan fingerprint density at radius 1 is 1.19 bits per heavy atom. The van der Waals surface area contributed by atoms with Gasteiger partial charge in [0.1, 0.15) is 11.2 Å². The minimum absolute atomic E-state index is 0.134. The highest BCUT2D eigenvalue weighted by Crippen LogP contribution is 2.36. The van der Waals surface area contributed by atoms with Gasteiger partial charge in [0.2, 0.25) is 5.13 Å². The van der Waals surface area contributed by atoms with Gasteiger partial charge < -0.3 is 10.2 Å². The molecule has 2 aromatic rings. The lowest BCUT2D eigenvalue weighted by Gasteiger charge is -2.22. The number of rotatable bonds is 3. The Kier molecular flexibility index (Phi) is 5.27. The Morgan fingerprint density at radius 2 is 1.81 bits per heavy atom. The SMILES string of the molecule is CN1CC(Nc2cc(Cl)c(Cl)c(Cl)c2)N(c2nnc(C(C)(C)C)s2)C1=O. The monoisotopic (exact) mass is 433 g/mol. The molecule has 6 nitrogen and oxygen atoms in total. The maximum absolute atomic E-state index is 12.6. The molecule has 2 amide bonds. The first kappa shape index (κ1) is 19.5. The second-order valence-corrected chi connectivity index (χ2v) is 9.24. The van der Waals surface area contributed by atoms with Gasteiger partial charge in [-0.2, -0.15) is 0 Å². The largest absolute Gasteiger partial charge is 0.363 e. The number of halogens is 3. The fourth-order valence-corrected chi connectivity index (χ4v) is 4.05. The van der Waals surface area contributed by atoms with Gasteiger partial charge in [0.25, 0.3) is 0 Å². The molecule has 1 fully saturated rings. The van der Waals surface area contributed by atoms with Crippen molar-refractivity contribution in [3.63, 3.8) is 0 Å². The summed E-state index contributed by atoms with van der Waals surface area (Å²) in [5.41, 5.74) is 0.535. The number of urea groups is 1. The van der Waals surface area contributed by atoms with Gasteiger partial charge >= 0.3 is 6.03 Å². The molecule has 3 rings (SSSR count). The smallest absolute Gasteiger partial charge is 0.328 e. The molecule has 2 heterocycles. The summed E-state index contributed by atoms with van der Waals surface area (Å²) in [7, 11) is 1.74. The third-order valence-electron chi connectivity index (χ3n) is 3.87. The van der Waals surface area contributed by atoms with Crippen LogP contribution in [0.3, 0.4) is 0 Å². The lowest BCUT2D eigenvalue weighted by molar-refractivity contribution is 0.229. The zero-order valence-electron chi connectivity index (χ0n) is 14.7. The number of nitrogens with one attached hydrogen (secondary N) is 1. The van der Waals surface area contributed by atoms with Crippen molar-refractivity contribution in [2.75, 3.05) is 23.8 Å². The van der Waals surface area contributed by atoms with Crippen molar-refractivity contribution in [1.82, 2.24) is 15.1 Å². The molecule has 0 saturated carbocycles. The number of aromatic nitrogens is 2. The molecule has 10 heteroatoms. The Balaban J connectivity index is 1.91. The van der Waals surface area contributed by atoms with Gasteiger partial charge in [0, 0.05) is 18.2 Å². The van der Waals surface area contributed by atoms with Crippen LogP contribution in [0, 0.1) is 0 Å². The third-order valence-corrected chi connectivity index (χ3v) is 6.42. The van der Waals surface area contributed by atoms with E-state index >= 15 is 0 Å². The minimum Gasteiger partial charge on any atom is -0.363 e. The Morgan fingerprint density at radius 3 is 2.35 bits per heavy atom. The fraction of sp³-hybridized carbons (Fsp3) is 0.438. The van der Waals surface area contributed by atoms with Crippen molar-refractivity contribution < 1.29 is 4.79 Å². The number of nitrogens with zero attached hydrogens (tertiary/aromatic N) is 4. The summed E-state index contributed by atoms with van der Waals surface area (Å²) in [6.45, 7) is 6.65.